The van der Waals surface area contributed by atoms with Crippen LogP contribution < -0.4 is 5.56 Å². The van der Waals surface area contributed by atoms with E-state index in [4.69, 9.17) is 0 Å². The van der Waals surface area contributed by atoms with Gasteiger partial charge in [-0.2, -0.15) is 0 Å². The van der Waals surface area contributed by atoms with Crippen molar-refractivity contribution in [1.29, 1.82) is 0 Å². The van der Waals surface area contributed by atoms with Crippen LogP contribution in [-0.2, 0) is 11.2 Å². The number of carbonyl (C=O) groups is 1. The van der Waals surface area contributed by atoms with Gasteiger partial charge >= 0.3 is 0 Å². The Morgan fingerprint density at radius 3 is 2.96 bits per heavy atom. The van der Waals surface area contributed by atoms with Gasteiger partial charge in [0.15, 0.2) is 0 Å². The maximum atomic E-state index is 12.4. The minimum Gasteiger partial charge on any atom is -0.342 e. The highest BCUT2D eigenvalue weighted by Crippen LogP contribution is 2.26. The van der Waals surface area contributed by atoms with E-state index in [0.717, 1.165) is 41.2 Å². The Balaban J connectivity index is 1.69. The number of amides is 1. The Morgan fingerprint density at radius 2 is 2.21 bits per heavy atom. The molecule has 24 heavy (non-hydrogen) atoms. The molecule has 5 nitrogen and oxygen atoms in total. The number of nitrogens with zero attached hydrogens (tertiary/aromatic N) is 2. The molecule has 1 N–H and O–H groups in total. The zero-order valence-electron chi connectivity index (χ0n) is 14.6. The molecule has 0 saturated carbocycles. The van der Waals surface area contributed by atoms with Gasteiger partial charge in [0.25, 0.3) is 5.56 Å². The molecule has 3 rings (SSSR count). The number of H-pyrrole nitrogens is 1. The maximum absolute atomic E-state index is 12.4. The van der Waals surface area contributed by atoms with Crippen molar-refractivity contribution < 1.29 is 4.79 Å². The van der Waals surface area contributed by atoms with E-state index in [2.05, 4.69) is 16.9 Å². The van der Waals surface area contributed by atoms with Gasteiger partial charge < -0.3 is 9.88 Å². The lowest BCUT2D eigenvalue weighted by molar-refractivity contribution is -0.133. The highest BCUT2D eigenvalue weighted by Gasteiger charge is 2.22. The monoisotopic (exact) mass is 347 g/mol. The average Bonchev–Trinajstić information content (AvgIpc) is 2.87. The van der Waals surface area contributed by atoms with Crippen molar-refractivity contribution in [2.75, 3.05) is 13.1 Å². The summed E-state index contributed by atoms with van der Waals surface area (Å²) in [6.07, 6.45) is 4.36. The molecule has 0 radical (unpaired) electrons. The molecule has 6 heteroatoms. The summed E-state index contributed by atoms with van der Waals surface area (Å²) in [5.74, 6) is 1.43. The van der Waals surface area contributed by atoms with Gasteiger partial charge in [0.2, 0.25) is 5.91 Å². The molecule has 2 aromatic heterocycles. The van der Waals surface area contributed by atoms with E-state index in [-0.39, 0.29) is 11.5 Å². The topological polar surface area (TPSA) is 66.1 Å². The van der Waals surface area contributed by atoms with Crippen LogP contribution in [0.2, 0.25) is 0 Å². The molecule has 1 aliphatic heterocycles. The van der Waals surface area contributed by atoms with E-state index in [1.807, 2.05) is 18.7 Å². The number of piperidine rings is 1. The number of aromatic amines is 1. The van der Waals surface area contributed by atoms with Gasteiger partial charge in [0.1, 0.15) is 10.7 Å². The predicted octanol–water partition coefficient (Wildman–Crippen LogP) is 3.18. The first kappa shape index (κ1) is 17.1. The number of hydrogen-bond acceptors (Lipinski definition) is 4. The molecule has 1 aliphatic rings. The Hall–Kier alpha value is -1.69. The van der Waals surface area contributed by atoms with Gasteiger partial charge in [-0.15, -0.1) is 11.3 Å². The lowest BCUT2D eigenvalue weighted by Gasteiger charge is -2.32. The highest BCUT2D eigenvalue weighted by molar-refractivity contribution is 7.18. The van der Waals surface area contributed by atoms with Gasteiger partial charge in [-0.05, 0) is 38.2 Å². The highest BCUT2D eigenvalue weighted by atomic mass is 32.1. The number of thiophene rings is 1. The summed E-state index contributed by atoms with van der Waals surface area (Å²) in [6, 6.07) is 0. The Labute approximate surface area is 146 Å². The molecule has 0 aromatic carbocycles. The lowest BCUT2D eigenvalue weighted by atomic mass is 9.95. The van der Waals surface area contributed by atoms with E-state index in [9.17, 15) is 9.59 Å². The van der Waals surface area contributed by atoms with Crippen molar-refractivity contribution in [1.82, 2.24) is 14.9 Å². The summed E-state index contributed by atoms with van der Waals surface area (Å²) in [5, 5.41) is 0.689. The van der Waals surface area contributed by atoms with Crippen molar-refractivity contribution >= 4 is 27.5 Å². The fourth-order valence-corrected chi connectivity index (χ4v) is 4.47. The van der Waals surface area contributed by atoms with Gasteiger partial charge in [0.05, 0.1) is 5.39 Å². The minimum atomic E-state index is -0.0895. The first-order chi connectivity index (χ1) is 11.5. The number of nitrogens with one attached hydrogen (secondary N) is 1. The van der Waals surface area contributed by atoms with Crippen molar-refractivity contribution in [2.24, 2.45) is 5.92 Å². The first-order valence-corrected chi connectivity index (χ1v) is 9.58. The van der Waals surface area contributed by atoms with Crippen molar-refractivity contribution in [3.63, 3.8) is 0 Å². The lowest BCUT2D eigenvalue weighted by Crippen LogP contribution is -2.39. The molecule has 3 heterocycles. The van der Waals surface area contributed by atoms with Crippen LogP contribution in [0.3, 0.4) is 0 Å². The van der Waals surface area contributed by atoms with E-state index < -0.39 is 0 Å². The van der Waals surface area contributed by atoms with Gasteiger partial charge in [0, 0.05) is 30.8 Å². The summed E-state index contributed by atoms with van der Waals surface area (Å²) in [5.41, 5.74) is 0.915. The number of rotatable bonds is 4. The number of aromatic nitrogens is 2. The van der Waals surface area contributed by atoms with E-state index in [1.165, 1.54) is 6.42 Å². The molecular weight excluding hydrogens is 322 g/mol. The first-order valence-electron chi connectivity index (χ1n) is 8.76. The van der Waals surface area contributed by atoms with E-state index >= 15 is 0 Å². The van der Waals surface area contributed by atoms with Crippen LogP contribution in [0, 0.1) is 19.8 Å². The molecule has 2 aromatic rings. The van der Waals surface area contributed by atoms with Crippen molar-refractivity contribution in [2.45, 2.75) is 52.9 Å². The van der Waals surface area contributed by atoms with Gasteiger partial charge in [-0.1, -0.05) is 13.3 Å². The second-order valence-electron chi connectivity index (χ2n) is 6.73. The van der Waals surface area contributed by atoms with Crippen molar-refractivity contribution in [3.8, 4) is 0 Å². The summed E-state index contributed by atoms with van der Waals surface area (Å²) in [4.78, 5) is 36.0. The number of hydrogen-bond donors (Lipinski definition) is 1. The number of aryl methyl sites for hydroxylation is 3. The molecule has 1 fully saturated rings. The molecule has 0 spiro atoms. The number of carbonyl (C=O) groups excluding carboxylic acids is 1. The zero-order chi connectivity index (χ0) is 17.3. The fraction of sp³-hybridized carbons (Fsp3) is 0.611. The summed E-state index contributed by atoms with van der Waals surface area (Å²) < 4.78 is 0. The zero-order valence-corrected chi connectivity index (χ0v) is 15.5. The fourth-order valence-electron chi connectivity index (χ4n) is 3.43. The molecule has 0 bridgehead atoms. The van der Waals surface area contributed by atoms with Crippen LogP contribution in [-0.4, -0.2) is 33.9 Å². The molecule has 130 valence electrons. The summed E-state index contributed by atoms with van der Waals surface area (Å²) in [7, 11) is 0. The maximum Gasteiger partial charge on any atom is 0.259 e. The number of likely N-dealkylation sites (tertiary alicyclic amines) is 1. The van der Waals surface area contributed by atoms with Gasteiger partial charge in [-0.3, -0.25) is 9.59 Å². The van der Waals surface area contributed by atoms with Crippen LogP contribution in [0.1, 0.15) is 48.9 Å². The normalized spacial score (nSPS) is 18.3. The average molecular weight is 347 g/mol. The van der Waals surface area contributed by atoms with Crippen molar-refractivity contribution in [3.05, 3.63) is 26.6 Å². The Bertz CT molecular complexity index is 808. The summed E-state index contributed by atoms with van der Waals surface area (Å²) in [6.45, 7) is 7.89. The standard InChI is InChI=1S/C18H25N3O2S/c1-4-13-6-5-9-21(10-13)15(22)8-7-14-19-17(23)16-11(2)12(3)24-18(16)20-14/h13H,4-10H2,1-3H3,(H,19,20,23)/t13-/m0/s1. The molecule has 0 unspecified atom stereocenters. The summed E-state index contributed by atoms with van der Waals surface area (Å²) >= 11 is 1.55. The van der Waals surface area contributed by atoms with Crippen LogP contribution >= 0.6 is 11.3 Å². The second kappa shape index (κ2) is 7.05. The van der Waals surface area contributed by atoms with E-state index in [1.54, 1.807) is 11.3 Å². The SMILES string of the molecule is CC[C@H]1CCCN(C(=O)CCc2nc3sc(C)c(C)c3c(=O)[nH]2)C1. The predicted molar refractivity (Wildman–Crippen MR) is 97.6 cm³/mol. The molecule has 1 atom stereocenters. The molecule has 1 amide bonds. The second-order valence-corrected chi connectivity index (χ2v) is 7.94. The third kappa shape index (κ3) is 3.38. The smallest absolute Gasteiger partial charge is 0.259 e. The quantitative estimate of drug-likeness (QED) is 0.924. The van der Waals surface area contributed by atoms with E-state index in [0.29, 0.717) is 30.0 Å². The Kier molecular flexibility index (Phi) is 5.04. The van der Waals surface area contributed by atoms with Crippen LogP contribution in [0.5, 0.6) is 0 Å². The van der Waals surface area contributed by atoms with Crippen LogP contribution in [0.4, 0.5) is 0 Å². The number of fused-ring (bicyclic) bond motifs is 1. The van der Waals surface area contributed by atoms with Crippen LogP contribution in [0.25, 0.3) is 10.2 Å². The Morgan fingerprint density at radius 1 is 1.42 bits per heavy atom. The van der Waals surface area contributed by atoms with Gasteiger partial charge in [-0.25, -0.2) is 4.98 Å². The largest absolute Gasteiger partial charge is 0.342 e. The molecular formula is C18H25N3O2S. The molecule has 0 aliphatic carbocycles. The van der Waals surface area contributed by atoms with Crippen LogP contribution in [0.15, 0.2) is 4.79 Å². The third-order valence-electron chi connectivity index (χ3n) is 5.11. The minimum absolute atomic E-state index is 0.0895. The third-order valence-corrected chi connectivity index (χ3v) is 6.21. The molecule has 1 saturated heterocycles.